The summed E-state index contributed by atoms with van der Waals surface area (Å²) in [5.74, 6) is 1.03. The second kappa shape index (κ2) is 6.86. The number of hydrogen-bond donors (Lipinski definition) is 0. The fourth-order valence-electron chi connectivity index (χ4n) is 3.22. The highest BCUT2D eigenvalue weighted by Gasteiger charge is 2.29. The number of carbonyl (C=O) groups is 1. The molecule has 0 aromatic heterocycles. The molecule has 0 spiro atoms. The van der Waals surface area contributed by atoms with Crippen LogP contribution >= 0.6 is 0 Å². The predicted octanol–water partition coefficient (Wildman–Crippen LogP) is 3.91. The summed E-state index contributed by atoms with van der Waals surface area (Å²) in [6.07, 6.45) is 2.58. The normalized spacial score (nSPS) is 17.3. The fraction of sp³-hybridized carbons (Fsp3) is 0.350. The van der Waals surface area contributed by atoms with E-state index in [2.05, 4.69) is 31.2 Å². The smallest absolute Gasteiger partial charge is 0.227 e. The Bertz CT molecular complexity index is 661. The van der Waals surface area contributed by atoms with Crippen LogP contribution in [-0.2, 0) is 11.2 Å². The molecule has 2 aromatic rings. The largest absolute Gasteiger partial charge is 0.497 e. The molecule has 0 radical (unpaired) electrons. The van der Waals surface area contributed by atoms with Crippen molar-refractivity contribution in [2.24, 2.45) is 0 Å². The van der Waals surface area contributed by atoms with Crippen molar-refractivity contribution in [3.63, 3.8) is 0 Å². The molecule has 1 aliphatic rings. The molecule has 23 heavy (non-hydrogen) atoms. The molecule has 0 unspecified atom stereocenters. The first-order valence-corrected chi connectivity index (χ1v) is 8.16. The van der Waals surface area contributed by atoms with Crippen LogP contribution in [0.25, 0.3) is 0 Å². The minimum absolute atomic E-state index is 0.207. The molecule has 0 bridgehead atoms. The number of aryl methyl sites for hydroxylation is 1. The molecular weight excluding hydrogens is 286 g/mol. The summed E-state index contributed by atoms with van der Waals surface area (Å²) >= 11 is 0. The van der Waals surface area contributed by atoms with Crippen LogP contribution in [0.5, 0.6) is 5.75 Å². The van der Waals surface area contributed by atoms with E-state index in [0.717, 1.165) is 30.7 Å². The molecule has 1 amide bonds. The molecule has 1 heterocycles. The number of benzene rings is 2. The third-order valence-corrected chi connectivity index (χ3v) is 4.55. The molecule has 3 heteroatoms. The van der Waals surface area contributed by atoms with E-state index < -0.39 is 0 Å². The minimum atomic E-state index is 0.207. The van der Waals surface area contributed by atoms with E-state index in [9.17, 15) is 4.79 Å². The van der Waals surface area contributed by atoms with Crippen molar-refractivity contribution in [2.75, 3.05) is 13.7 Å². The molecule has 2 aromatic carbocycles. The van der Waals surface area contributed by atoms with Gasteiger partial charge in [-0.3, -0.25) is 4.79 Å². The van der Waals surface area contributed by atoms with Gasteiger partial charge in [0.25, 0.3) is 0 Å². The molecule has 0 saturated carbocycles. The summed E-state index contributed by atoms with van der Waals surface area (Å²) in [6.45, 7) is 2.94. The molecule has 120 valence electrons. The summed E-state index contributed by atoms with van der Waals surface area (Å²) in [6, 6.07) is 16.5. The fourth-order valence-corrected chi connectivity index (χ4v) is 3.22. The maximum Gasteiger partial charge on any atom is 0.227 e. The molecular formula is C20H23NO2. The van der Waals surface area contributed by atoms with Gasteiger partial charge in [-0.05, 0) is 43.0 Å². The molecule has 1 atom stereocenters. The highest BCUT2D eigenvalue weighted by molar-refractivity contribution is 5.79. The van der Waals surface area contributed by atoms with Gasteiger partial charge in [0.15, 0.2) is 0 Å². The molecule has 3 nitrogen and oxygen atoms in total. The summed E-state index contributed by atoms with van der Waals surface area (Å²) < 4.78 is 5.16. The van der Waals surface area contributed by atoms with Crippen molar-refractivity contribution in [3.8, 4) is 5.75 Å². The van der Waals surface area contributed by atoms with Gasteiger partial charge in [0, 0.05) is 6.54 Å². The van der Waals surface area contributed by atoms with Crippen LogP contribution in [0.4, 0.5) is 0 Å². The van der Waals surface area contributed by atoms with E-state index in [0.29, 0.717) is 6.42 Å². The SMILES string of the molecule is COc1ccc(CC(=O)N2CCC[C@H]2c2ccc(C)cc2)cc1. The molecule has 1 aliphatic heterocycles. The van der Waals surface area contributed by atoms with Crippen molar-refractivity contribution in [1.82, 2.24) is 4.90 Å². The predicted molar refractivity (Wildman–Crippen MR) is 91.6 cm³/mol. The van der Waals surface area contributed by atoms with E-state index in [1.54, 1.807) is 7.11 Å². The first-order chi connectivity index (χ1) is 11.2. The van der Waals surface area contributed by atoms with Gasteiger partial charge in [0.2, 0.25) is 5.91 Å². The van der Waals surface area contributed by atoms with E-state index in [-0.39, 0.29) is 11.9 Å². The number of methoxy groups -OCH3 is 1. The average Bonchev–Trinajstić information content (AvgIpc) is 3.06. The van der Waals surface area contributed by atoms with E-state index in [1.165, 1.54) is 11.1 Å². The Morgan fingerprint density at radius 1 is 1.13 bits per heavy atom. The third-order valence-electron chi connectivity index (χ3n) is 4.55. The Hall–Kier alpha value is -2.29. The average molecular weight is 309 g/mol. The van der Waals surface area contributed by atoms with Crippen LogP contribution in [-0.4, -0.2) is 24.5 Å². The zero-order valence-electron chi connectivity index (χ0n) is 13.8. The van der Waals surface area contributed by atoms with Crippen molar-refractivity contribution in [2.45, 2.75) is 32.2 Å². The lowest BCUT2D eigenvalue weighted by Crippen LogP contribution is -2.31. The molecule has 0 N–H and O–H groups in total. The highest BCUT2D eigenvalue weighted by atomic mass is 16.5. The zero-order chi connectivity index (χ0) is 16.2. The lowest BCUT2D eigenvalue weighted by molar-refractivity contribution is -0.131. The van der Waals surface area contributed by atoms with Gasteiger partial charge < -0.3 is 9.64 Å². The lowest BCUT2D eigenvalue weighted by Gasteiger charge is -2.25. The van der Waals surface area contributed by atoms with Crippen LogP contribution in [0.3, 0.4) is 0 Å². The van der Waals surface area contributed by atoms with E-state index in [4.69, 9.17) is 4.74 Å². The van der Waals surface area contributed by atoms with Gasteiger partial charge in [0.05, 0.1) is 19.6 Å². The summed E-state index contributed by atoms with van der Waals surface area (Å²) in [5, 5.41) is 0. The van der Waals surface area contributed by atoms with Crippen LogP contribution in [0.1, 0.15) is 35.6 Å². The first-order valence-electron chi connectivity index (χ1n) is 8.16. The molecule has 3 rings (SSSR count). The van der Waals surface area contributed by atoms with Crippen molar-refractivity contribution in [1.29, 1.82) is 0 Å². The number of nitrogens with zero attached hydrogens (tertiary/aromatic N) is 1. The Kier molecular flexibility index (Phi) is 4.65. The standard InChI is InChI=1S/C20H23NO2/c1-15-5-9-17(10-6-15)19-4-3-13-21(19)20(22)14-16-7-11-18(23-2)12-8-16/h5-12,19H,3-4,13-14H2,1-2H3/t19-/m0/s1. The summed E-state index contributed by atoms with van der Waals surface area (Å²) in [4.78, 5) is 14.8. The van der Waals surface area contributed by atoms with Crippen LogP contribution in [0, 0.1) is 6.92 Å². The lowest BCUT2D eigenvalue weighted by atomic mass is 10.0. The van der Waals surface area contributed by atoms with Gasteiger partial charge in [-0.25, -0.2) is 0 Å². The number of amides is 1. The van der Waals surface area contributed by atoms with Crippen LogP contribution in [0.2, 0.25) is 0 Å². The van der Waals surface area contributed by atoms with E-state index >= 15 is 0 Å². The third kappa shape index (κ3) is 3.55. The van der Waals surface area contributed by atoms with Gasteiger partial charge in [-0.2, -0.15) is 0 Å². The van der Waals surface area contributed by atoms with Crippen LogP contribution in [0.15, 0.2) is 48.5 Å². The minimum Gasteiger partial charge on any atom is -0.497 e. The topological polar surface area (TPSA) is 29.5 Å². The molecule has 1 saturated heterocycles. The number of hydrogen-bond acceptors (Lipinski definition) is 2. The van der Waals surface area contributed by atoms with Gasteiger partial charge in [0.1, 0.15) is 5.75 Å². The van der Waals surface area contributed by atoms with Gasteiger partial charge in [-0.1, -0.05) is 42.0 Å². The van der Waals surface area contributed by atoms with Gasteiger partial charge in [-0.15, -0.1) is 0 Å². The number of rotatable bonds is 4. The summed E-state index contributed by atoms with van der Waals surface area (Å²) in [7, 11) is 1.65. The Morgan fingerprint density at radius 3 is 2.48 bits per heavy atom. The maximum absolute atomic E-state index is 12.7. The second-order valence-electron chi connectivity index (χ2n) is 6.18. The monoisotopic (exact) mass is 309 g/mol. The highest BCUT2D eigenvalue weighted by Crippen LogP contribution is 2.32. The number of carbonyl (C=O) groups excluding carboxylic acids is 1. The Balaban J connectivity index is 1.71. The quantitative estimate of drug-likeness (QED) is 0.857. The van der Waals surface area contributed by atoms with Crippen LogP contribution < -0.4 is 4.74 Å². The first kappa shape index (κ1) is 15.6. The van der Waals surface area contributed by atoms with Gasteiger partial charge >= 0.3 is 0 Å². The van der Waals surface area contributed by atoms with Crippen molar-refractivity contribution >= 4 is 5.91 Å². The summed E-state index contributed by atoms with van der Waals surface area (Å²) in [5.41, 5.74) is 3.53. The zero-order valence-corrected chi connectivity index (χ0v) is 13.8. The molecule has 1 fully saturated rings. The molecule has 0 aliphatic carbocycles. The van der Waals surface area contributed by atoms with E-state index in [1.807, 2.05) is 29.2 Å². The van der Waals surface area contributed by atoms with Crippen molar-refractivity contribution in [3.05, 3.63) is 65.2 Å². The van der Waals surface area contributed by atoms with Crippen molar-refractivity contribution < 1.29 is 9.53 Å². The Labute approximate surface area is 137 Å². The second-order valence-corrected chi connectivity index (χ2v) is 6.18. The Morgan fingerprint density at radius 2 is 1.83 bits per heavy atom. The number of likely N-dealkylation sites (tertiary alicyclic amines) is 1. The number of ether oxygens (including phenoxy) is 1. The maximum atomic E-state index is 12.7.